The minimum atomic E-state index is -0.524. The normalized spacial score (nSPS) is 11.2. The van der Waals surface area contributed by atoms with Crippen molar-refractivity contribution in [1.29, 1.82) is 0 Å². The van der Waals surface area contributed by atoms with Crippen LogP contribution >= 0.6 is 11.3 Å². The van der Waals surface area contributed by atoms with E-state index in [0.29, 0.717) is 5.56 Å². The molecular weight excluding hydrogens is 310 g/mol. The van der Waals surface area contributed by atoms with Gasteiger partial charge in [-0.3, -0.25) is 4.79 Å². The maximum absolute atomic E-state index is 12.4. The molecule has 2 aromatic heterocycles. The molecule has 0 amide bonds. The first-order chi connectivity index (χ1) is 11.1. The second-order valence-electron chi connectivity index (χ2n) is 5.05. The summed E-state index contributed by atoms with van der Waals surface area (Å²) in [7, 11) is 0. The van der Waals surface area contributed by atoms with Crippen molar-refractivity contribution in [1.82, 2.24) is 4.98 Å². The molecule has 0 bridgehead atoms. The van der Waals surface area contributed by atoms with Gasteiger partial charge in [-0.25, -0.2) is 4.79 Å². The van der Waals surface area contributed by atoms with E-state index >= 15 is 0 Å². The van der Waals surface area contributed by atoms with Crippen molar-refractivity contribution in [3.8, 4) is 0 Å². The zero-order chi connectivity index (χ0) is 16.2. The zero-order valence-electron chi connectivity index (χ0n) is 12.5. The van der Waals surface area contributed by atoms with Crippen molar-refractivity contribution >= 4 is 40.1 Å². The number of aromatic amines is 1. The fourth-order valence-electron chi connectivity index (χ4n) is 2.43. The van der Waals surface area contributed by atoms with Crippen molar-refractivity contribution in [2.45, 2.75) is 6.92 Å². The Morgan fingerprint density at radius 1 is 1.22 bits per heavy atom. The molecule has 3 aromatic rings. The summed E-state index contributed by atoms with van der Waals surface area (Å²) in [6.07, 6.45) is 3.01. The number of hydrogen-bond acceptors (Lipinski definition) is 4. The number of aromatic nitrogens is 1. The predicted molar refractivity (Wildman–Crippen MR) is 91.7 cm³/mol. The first-order valence-electron chi connectivity index (χ1n) is 7.14. The lowest BCUT2D eigenvalue weighted by Crippen LogP contribution is -2.13. The van der Waals surface area contributed by atoms with Crippen molar-refractivity contribution in [2.24, 2.45) is 0 Å². The van der Waals surface area contributed by atoms with Crippen LogP contribution in [-0.2, 0) is 9.53 Å². The van der Waals surface area contributed by atoms with Gasteiger partial charge in [0.15, 0.2) is 6.61 Å². The van der Waals surface area contributed by atoms with Crippen molar-refractivity contribution < 1.29 is 14.3 Å². The molecular formula is C18H15NO3S. The molecule has 0 atom stereocenters. The van der Waals surface area contributed by atoms with E-state index in [4.69, 9.17) is 4.74 Å². The molecule has 0 unspecified atom stereocenters. The van der Waals surface area contributed by atoms with Crippen LogP contribution in [0.25, 0.3) is 17.0 Å². The highest BCUT2D eigenvalue weighted by molar-refractivity contribution is 7.10. The van der Waals surface area contributed by atoms with Crippen LogP contribution in [0.5, 0.6) is 0 Å². The van der Waals surface area contributed by atoms with Gasteiger partial charge in [0.25, 0.3) is 0 Å². The monoisotopic (exact) mass is 325 g/mol. The van der Waals surface area contributed by atoms with E-state index < -0.39 is 5.97 Å². The maximum Gasteiger partial charge on any atom is 0.331 e. The van der Waals surface area contributed by atoms with Gasteiger partial charge in [0.1, 0.15) is 0 Å². The molecule has 0 aliphatic rings. The highest BCUT2D eigenvalue weighted by atomic mass is 32.1. The van der Waals surface area contributed by atoms with Crippen molar-refractivity contribution in [3.05, 3.63) is 64.0 Å². The Bertz CT molecular complexity index is 875. The number of para-hydroxylation sites is 1. The van der Waals surface area contributed by atoms with Crippen molar-refractivity contribution in [2.75, 3.05) is 6.61 Å². The van der Waals surface area contributed by atoms with Crippen LogP contribution in [0.15, 0.2) is 47.9 Å². The first kappa shape index (κ1) is 15.2. The lowest BCUT2D eigenvalue weighted by molar-refractivity contribution is -0.136. The van der Waals surface area contributed by atoms with Gasteiger partial charge in [-0.2, -0.15) is 0 Å². The molecule has 1 N–H and O–H groups in total. The van der Waals surface area contributed by atoms with Crippen LogP contribution in [0.4, 0.5) is 0 Å². The van der Waals surface area contributed by atoms with Crippen molar-refractivity contribution in [3.63, 3.8) is 0 Å². The lowest BCUT2D eigenvalue weighted by Gasteiger charge is -2.02. The van der Waals surface area contributed by atoms with E-state index in [2.05, 4.69) is 4.98 Å². The summed E-state index contributed by atoms with van der Waals surface area (Å²) in [6.45, 7) is 1.57. The number of benzene rings is 1. The molecule has 0 fully saturated rings. The molecule has 116 valence electrons. The fraction of sp³-hybridized carbons (Fsp3) is 0.111. The number of hydrogen-bond donors (Lipinski definition) is 1. The molecule has 23 heavy (non-hydrogen) atoms. The van der Waals surface area contributed by atoms with Crippen LogP contribution in [0.2, 0.25) is 0 Å². The van der Waals surface area contributed by atoms with E-state index in [0.717, 1.165) is 21.5 Å². The molecule has 0 spiro atoms. The SMILES string of the molecule is Cc1[nH]c2ccccc2c1C(=O)COC(=O)/C=C/c1cccs1. The summed E-state index contributed by atoms with van der Waals surface area (Å²) < 4.78 is 5.05. The van der Waals surface area contributed by atoms with Crippen LogP contribution in [-0.4, -0.2) is 23.3 Å². The largest absolute Gasteiger partial charge is 0.454 e. The smallest absolute Gasteiger partial charge is 0.331 e. The number of ketones is 1. The predicted octanol–water partition coefficient (Wildman–Crippen LogP) is 3.98. The second-order valence-corrected chi connectivity index (χ2v) is 6.03. The highest BCUT2D eigenvalue weighted by Gasteiger charge is 2.16. The lowest BCUT2D eigenvalue weighted by atomic mass is 10.1. The summed E-state index contributed by atoms with van der Waals surface area (Å²) in [6, 6.07) is 11.4. The average Bonchev–Trinajstić information content (AvgIpc) is 3.17. The third-order valence-electron chi connectivity index (χ3n) is 3.44. The molecule has 4 nitrogen and oxygen atoms in total. The molecule has 0 saturated heterocycles. The quantitative estimate of drug-likeness (QED) is 0.438. The molecule has 0 radical (unpaired) electrons. The minimum Gasteiger partial charge on any atom is -0.454 e. The number of fused-ring (bicyclic) bond motifs is 1. The molecule has 1 aromatic carbocycles. The van der Waals surface area contributed by atoms with Crippen LogP contribution < -0.4 is 0 Å². The van der Waals surface area contributed by atoms with E-state index in [1.54, 1.807) is 6.08 Å². The average molecular weight is 325 g/mol. The summed E-state index contributed by atoms with van der Waals surface area (Å²) in [4.78, 5) is 28.2. The molecule has 2 heterocycles. The van der Waals surface area contributed by atoms with Crippen LogP contribution in [0, 0.1) is 6.92 Å². The molecule has 0 saturated carbocycles. The standard InChI is InChI=1S/C18H15NO3S/c1-12-18(14-6-2-3-7-15(14)19-12)16(20)11-22-17(21)9-8-13-5-4-10-23-13/h2-10,19H,11H2,1H3/b9-8+. The van der Waals surface area contributed by atoms with E-state index in [1.807, 2.05) is 48.7 Å². The number of ether oxygens (including phenoxy) is 1. The Morgan fingerprint density at radius 3 is 2.83 bits per heavy atom. The van der Waals surface area contributed by atoms with Gasteiger partial charge in [0, 0.05) is 33.1 Å². The summed E-state index contributed by atoms with van der Waals surface area (Å²) in [5.74, 6) is -0.734. The third-order valence-corrected chi connectivity index (χ3v) is 4.28. The van der Waals surface area contributed by atoms with Gasteiger partial charge in [0.2, 0.25) is 5.78 Å². The topological polar surface area (TPSA) is 59.2 Å². The van der Waals surface area contributed by atoms with E-state index in [-0.39, 0.29) is 12.4 Å². The summed E-state index contributed by atoms with van der Waals surface area (Å²) >= 11 is 1.53. The van der Waals surface area contributed by atoms with Crippen LogP contribution in [0.3, 0.4) is 0 Å². The van der Waals surface area contributed by atoms with E-state index in [1.165, 1.54) is 17.4 Å². The van der Waals surface area contributed by atoms with Gasteiger partial charge in [-0.1, -0.05) is 24.3 Å². The molecule has 5 heteroatoms. The number of aryl methyl sites for hydroxylation is 1. The Hall–Kier alpha value is -2.66. The minimum absolute atomic E-state index is 0.210. The first-order valence-corrected chi connectivity index (χ1v) is 8.02. The van der Waals surface area contributed by atoms with E-state index in [9.17, 15) is 9.59 Å². The fourth-order valence-corrected chi connectivity index (χ4v) is 3.05. The van der Waals surface area contributed by atoms with Gasteiger partial charge < -0.3 is 9.72 Å². The molecule has 3 rings (SSSR count). The number of carbonyl (C=O) groups is 2. The highest BCUT2D eigenvalue weighted by Crippen LogP contribution is 2.22. The Morgan fingerprint density at radius 2 is 2.04 bits per heavy atom. The summed E-state index contributed by atoms with van der Waals surface area (Å²) in [5.41, 5.74) is 2.26. The number of carbonyl (C=O) groups excluding carboxylic acids is 2. The van der Waals surface area contributed by atoms with Gasteiger partial charge >= 0.3 is 5.97 Å². The number of thiophene rings is 1. The third kappa shape index (κ3) is 3.40. The summed E-state index contributed by atoms with van der Waals surface area (Å²) in [5, 5.41) is 2.77. The van der Waals surface area contributed by atoms with Crippen LogP contribution in [0.1, 0.15) is 20.9 Å². The van der Waals surface area contributed by atoms with Gasteiger partial charge in [-0.05, 0) is 30.5 Å². The number of H-pyrrole nitrogens is 1. The Kier molecular flexibility index (Phi) is 4.39. The zero-order valence-corrected chi connectivity index (χ0v) is 13.4. The number of esters is 1. The molecule has 0 aliphatic carbocycles. The Labute approximate surface area is 137 Å². The Balaban J connectivity index is 1.67. The van der Waals surface area contributed by atoms with Gasteiger partial charge in [0.05, 0.1) is 0 Å². The number of Topliss-reactive ketones (excluding diaryl/α,β-unsaturated/α-hetero) is 1. The van der Waals surface area contributed by atoms with Gasteiger partial charge in [-0.15, -0.1) is 11.3 Å². The second kappa shape index (κ2) is 6.62. The molecule has 0 aliphatic heterocycles. The maximum atomic E-state index is 12.4. The number of nitrogens with one attached hydrogen (secondary N) is 1. The number of rotatable bonds is 5.